The first-order valence-corrected chi connectivity index (χ1v) is 5.53. The monoisotopic (exact) mass is 210 g/mol. The van der Waals surface area contributed by atoms with Crippen molar-refractivity contribution in [1.82, 2.24) is 20.4 Å². The topological polar surface area (TPSA) is 41.9 Å². The Kier molecular flexibility index (Phi) is 4.78. The highest BCUT2D eigenvalue weighted by Crippen LogP contribution is 1.94. The van der Waals surface area contributed by atoms with E-state index in [1.807, 2.05) is 24.0 Å². The first-order valence-electron chi connectivity index (χ1n) is 5.53. The van der Waals surface area contributed by atoms with E-state index < -0.39 is 0 Å². The predicted octanol–water partition coefficient (Wildman–Crippen LogP) is 0.896. The Bertz CT molecular complexity index is 280. The molecule has 4 heteroatoms. The second kappa shape index (κ2) is 5.88. The van der Waals surface area contributed by atoms with E-state index in [9.17, 15) is 0 Å². The van der Waals surface area contributed by atoms with E-state index >= 15 is 0 Å². The van der Waals surface area contributed by atoms with Gasteiger partial charge >= 0.3 is 0 Å². The molecule has 0 aliphatic rings. The molecule has 15 heavy (non-hydrogen) atoms. The molecule has 1 unspecified atom stereocenters. The van der Waals surface area contributed by atoms with Crippen molar-refractivity contribution in [1.29, 1.82) is 0 Å². The molecule has 4 nitrogen and oxygen atoms in total. The lowest BCUT2D eigenvalue weighted by atomic mass is 10.3. The molecule has 1 rings (SSSR count). The molecular weight excluding hydrogens is 188 g/mol. The Hall–Kier alpha value is -0.870. The summed E-state index contributed by atoms with van der Waals surface area (Å²) in [6, 6.07) is 3.05. The van der Waals surface area contributed by atoms with Crippen molar-refractivity contribution < 1.29 is 0 Å². The van der Waals surface area contributed by atoms with Crippen LogP contribution in [0.2, 0.25) is 0 Å². The van der Waals surface area contributed by atoms with Gasteiger partial charge in [0.2, 0.25) is 0 Å². The molecule has 0 aromatic carbocycles. The van der Waals surface area contributed by atoms with Gasteiger partial charge in [-0.25, -0.2) is 0 Å². The van der Waals surface area contributed by atoms with Gasteiger partial charge in [-0.1, -0.05) is 13.8 Å². The largest absolute Gasteiger partial charge is 0.313 e. The van der Waals surface area contributed by atoms with Crippen molar-refractivity contribution >= 4 is 0 Å². The van der Waals surface area contributed by atoms with Crippen LogP contribution in [0, 0.1) is 0 Å². The van der Waals surface area contributed by atoms with E-state index in [0.29, 0.717) is 12.1 Å². The zero-order valence-corrected chi connectivity index (χ0v) is 10.1. The maximum Gasteiger partial charge on any atom is 0.0762 e. The average molecular weight is 210 g/mol. The van der Waals surface area contributed by atoms with Gasteiger partial charge in [0.1, 0.15) is 0 Å². The maximum atomic E-state index is 4.31. The highest BCUT2D eigenvalue weighted by atomic mass is 15.3. The van der Waals surface area contributed by atoms with Crippen LogP contribution in [0.25, 0.3) is 0 Å². The lowest BCUT2D eigenvalue weighted by molar-refractivity contribution is 0.470. The van der Waals surface area contributed by atoms with Gasteiger partial charge < -0.3 is 10.6 Å². The molecule has 1 atom stereocenters. The number of hydrogen-bond donors (Lipinski definition) is 2. The molecule has 0 aliphatic carbocycles. The number of nitrogens with zero attached hydrogens (tertiary/aromatic N) is 2. The predicted molar refractivity (Wildman–Crippen MR) is 62.6 cm³/mol. The van der Waals surface area contributed by atoms with Crippen molar-refractivity contribution in [3.05, 3.63) is 18.0 Å². The van der Waals surface area contributed by atoms with Gasteiger partial charge in [-0.2, -0.15) is 5.10 Å². The molecule has 0 saturated carbocycles. The van der Waals surface area contributed by atoms with Crippen molar-refractivity contribution in [2.45, 2.75) is 39.4 Å². The fourth-order valence-corrected chi connectivity index (χ4v) is 1.32. The number of hydrogen-bond acceptors (Lipinski definition) is 3. The molecule has 1 heterocycles. The zero-order valence-electron chi connectivity index (χ0n) is 10.1. The first-order chi connectivity index (χ1) is 7.08. The molecule has 0 fully saturated rings. The number of rotatable bonds is 6. The molecule has 0 radical (unpaired) electrons. The standard InChI is InChI=1S/C11H22N4/c1-9(2)12-7-10(3)13-8-11-5-6-15(4)14-11/h5-6,9-10,12-13H,7-8H2,1-4H3. The highest BCUT2D eigenvalue weighted by molar-refractivity contribution is 4.98. The summed E-state index contributed by atoms with van der Waals surface area (Å²) in [6.45, 7) is 8.32. The average Bonchev–Trinajstić information content (AvgIpc) is 2.58. The summed E-state index contributed by atoms with van der Waals surface area (Å²) < 4.78 is 1.83. The summed E-state index contributed by atoms with van der Waals surface area (Å²) in [4.78, 5) is 0. The molecule has 0 aliphatic heterocycles. The van der Waals surface area contributed by atoms with Crippen LogP contribution in [0.3, 0.4) is 0 Å². The molecule has 1 aromatic rings. The van der Waals surface area contributed by atoms with Crippen molar-refractivity contribution in [2.75, 3.05) is 6.54 Å². The Morgan fingerprint density at radius 2 is 2.07 bits per heavy atom. The second-order valence-electron chi connectivity index (χ2n) is 4.33. The van der Waals surface area contributed by atoms with Crippen molar-refractivity contribution in [3.8, 4) is 0 Å². The van der Waals surface area contributed by atoms with Gasteiger partial charge in [0, 0.05) is 38.4 Å². The van der Waals surface area contributed by atoms with Crippen LogP contribution in [0.1, 0.15) is 26.5 Å². The van der Waals surface area contributed by atoms with Crippen molar-refractivity contribution in [3.63, 3.8) is 0 Å². The quantitative estimate of drug-likeness (QED) is 0.733. The van der Waals surface area contributed by atoms with E-state index in [-0.39, 0.29) is 0 Å². The summed E-state index contributed by atoms with van der Waals surface area (Å²) >= 11 is 0. The summed E-state index contributed by atoms with van der Waals surface area (Å²) in [5.41, 5.74) is 1.09. The van der Waals surface area contributed by atoms with Crippen LogP contribution in [0.15, 0.2) is 12.3 Å². The van der Waals surface area contributed by atoms with Crippen LogP contribution in [-0.4, -0.2) is 28.4 Å². The molecule has 86 valence electrons. The van der Waals surface area contributed by atoms with Gasteiger partial charge in [0.15, 0.2) is 0 Å². The third-order valence-electron chi connectivity index (χ3n) is 2.23. The molecule has 1 aromatic heterocycles. The van der Waals surface area contributed by atoms with E-state index in [4.69, 9.17) is 0 Å². The second-order valence-corrected chi connectivity index (χ2v) is 4.33. The fourth-order valence-electron chi connectivity index (χ4n) is 1.32. The summed E-state index contributed by atoms with van der Waals surface area (Å²) in [5.74, 6) is 0. The molecule has 0 amide bonds. The van der Waals surface area contributed by atoms with E-state index in [2.05, 4.69) is 36.5 Å². The summed E-state index contributed by atoms with van der Waals surface area (Å²) in [5, 5.41) is 11.1. The van der Waals surface area contributed by atoms with Gasteiger partial charge in [-0.3, -0.25) is 4.68 Å². The van der Waals surface area contributed by atoms with Gasteiger partial charge in [-0.15, -0.1) is 0 Å². The number of aromatic nitrogens is 2. The Morgan fingerprint density at radius 1 is 1.33 bits per heavy atom. The SMILES string of the molecule is CC(C)NCC(C)NCc1ccn(C)n1. The van der Waals surface area contributed by atoms with Crippen molar-refractivity contribution in [2.24, 2.45) is 7.05 Å². The normalized spacial score (nSPS) is 13.4. The molecule has 0 spiro atoms. The van der Waals surface area contributed by atoms with E-state index in [1.54, 1.807) is 0 Å². The van der Waals surface area contributed by atoms with E-state index in [0.717, 1.165) is 18.8 Å². The van der Waals surface area contributed by atoms with Crippen LogP contribution < -0.4 is 10.6 Å². The van der Waals surface area contributed by atoms with Crippen LogP contribution >= 0.6 is 0 Å². The molecular formula is C11H22N4. The smallest absolute Gasteiger partial charge is 0.0762 e. The Balaban J connectivity index is 2.19. The van der Waals surface area contributed by atoms with Gasteiger partial charge in [-0.05, 0) is 13.0 Å². The lowest BCUT2D eigenvalue weighted by Crippen LogP contribution is -2.38. The van der Waals surface area contributed by atoms with Gasteiger partial charge in [0.05, 0.1) is 5.69 Å². The third-order valence-corrected chi connectivity index (χ3v) is 2.23. The summed E-state index contributed by atoms with van der Waals surface area (Å²) in [6.07, 6.45) is 1.97. The van der Waals surface area contributed by atoms with Crippen LogP contribution in [-0.2, 0) is 13.6 Å². The minimum absolute atomic E-state index is 0.467. The fraction of sp³-hybridized carbons (Fsp3) is 0.727. The number of aryl methyl sites for hydroxylation is 1. The Labute approximate surface area is 92.1 Å². The van der Waals surface area contributed by atoms with Gasteiger partial charge in [0.25, 0.3) is 0 Å². The summed E-state index contributed by atoms with van der Waals surface area (Å²) in [7, 11) is 1.94. The molecule has 2 N–H and O–H groups in total. The van der Waals surface area contributed by atoms with Crippen LogP contribution in [0.5, 0.6) is 0 Å². The van der Waals surface area contributed by atoms with E-state index in [1.165, 1.54) is 0 Å². The zero-order chi connectivity index (χ0) is 11.3. The third kappa shape index (κ3) is 4.95. The minimum atomic E-state index is 0.467. The minimum Gasteiger partial charge on any atom is -0.313 e. The molecule has 0 saturated heterocycles. The highest BCUT2D eigenvalue weighted by Gasteiger charge is 2.03. The maximum absolute atomic E-state index is 4.31. The molecule has 0 bridgehead atoms. The number of nitrogens with one attached hydrogen (secondary N) is 2. The first kappa shape index (κ1) is 12.2. The lowest BCUT2D eigenvalue weighted by Gasteiger charge is -2.15. The van der Waals surface area contributed by atoms with Crippen LogP contribution in [0.4, 0.5) is 0 Å². The Morgan fingerprint density at radius 3 is 2.60 bits per heavy atom.